The van der Waals surface area contributed by atoms with Crippen molar-refractivity contribution in [1.82, 2.24) is 15.3 Å². The minimum absolute atomic E-state index is 0.359. The fourth-order valence-corrected chi connectivity index (χ4v) is 1.53. The van der Waals surface area contributed by atoms with Crippen molar-refractivity contribution in [1.29, 1.82) is 0 Å². The summed E-state index contributed by atoms with van der Waals surface area (Å²) in [6, 6.07) is 1.41. The highest BCUT2D eigenvalue weighted by atomic mass is 16.2. The third-order valence-electron chi connectivity index (χ3n) is 2.20. The van der Waals surface area contributed by atoms with Gasteiger partial charge in [-0.3, -0.25) is 14.8 Å². The number of aromatic amines is 2. The fourth-order valence-electron chi connectivity index (χ4n) is 1.53. The Bertz CT molecular complexity index is 388. The first kappa shape index (κ1) is 9.01. The highest BCUT2D eigenvalue weighted by molar-refractivity contribution is 5.36. The Morgan fingerprint density at radius 2 is 1.86 bits per heavy atom. The van der Waals surface area contributed by atoms with Gasteiger partial charge in [-0.05, 0) is 0 Å². The van der Waals surface area contributed by atoms with E-state index in [0.717, 1.165) is 26.2 Å². The van der Waals surface area contributed by atoms with Gasteiger partial charge in [-0.1, -0.05) is 0 Å². The molecule has 0 spiro atoms. The molecule has 76 valence electrons. The van der Waals surface area contributed by atoms with Gasteiger partial charge in [-0.25, -0.2) is 4.79 Å². The number of anilines is 1. The fraction of sp³-hybridized carbons (Fsp3) is 0.500. The number of piperazine rings is 1. The standard InChI is InChI=1S/C8H12N4O2/c13-7-5-6(10-8(14)11-7)12-3-1-9-2-4-12/h5,9H,1-4H2,(H2,10,11,13,14). The summed E-state index contributed by atoms with van der Waals surface area (Å²) in [5.74, 6) is 0.597. The van der Waals surface area contributed by atoms with Gasteiger partial charge in [0.25, 0.3) is 5.56 Å². The second-order valence-corrected chi connectivity index (χ2v) is 3.21. The summed E-state index contributed by atoms with van der Waals surface area (Å²) >= 11 is 0. The lowest BCUT2D eigenvalue weighted by atomic mass is 10.3. The first-order valence-electron chi connectivity index (χ1n) is 4.55. The molecular formula is C8H12N4O2. The predicted octanol–water partition coefficient (Wildman–Crippen LogP) is -1.53. The molecule has 0 atom stereocenters. The second-order valence-electron chi connectivity index (χ2n) is 3.21. The zero-order valence-corrected chi connectivity index (χ0v) is 7.67. The Morgan fingerprint density at radius 3 is 2.50 bits per heavy atom. The van der Waals surface area contributed by atoms with Crippen molar-refractivity contribution in [2.24, 2.45) is 0 Å². The molecule has 0 radical (unpaired) electrons. The van der Waals surface area contributed by atoms with E-state index < -0.39 is 5.69 Å². The van der Waals surface area contributed by atoms with Crippen molar-refractivity contribution in [2.45, 2.75) is 0 Å². The molecular weight excluding hydrogens is 184 g/mol. The van der Waals surface area contributed by atoms with E-state index in [1.807, 2.05) is 4.90 Å². The monoisotopic (exact) mass is 196 g/mol. The van der Waals surface area contributed by atoms with Crippen LogP contribution in [0.5, 0.6) is 0 Å². The van der Waals surface area contributed by atoms with Gasteiger partial charge in [0.15, 0.2) is 0 Å². The van der Waals surface area contributed by atoms with Gasteiger partial charge in [0.1, 0.15) is 5.82 Å². The van der Waals surface area contributed by atoms with E-state index in [1.165, 1.54) is 6.07 Å². The lowest BCUT2D eigenvalue weighted by molar-refractivity contribution is 0.583. The second kappa shape index (κ2) is 3.67. The largest absolute Gasteiger partial charge is 0.355 e. The third-order valence-corrected chi connectivity index (χ3v) is 2.20. The third kappa shape index (κ3) is 1.85. The molecule has 14 heavy (non-hydrogen) atoms. The number of hydrogen-bond acceptors (Lipinski definition) is 4. The maximum absolute atomic E-state index is 11.0. The molecule has 3 N–H and O–H groups in total. The van der Waals surface area contributed by atoms with Crippen molar-refractivity contribution in [2.75, 3.05) is 31.1 Å². The van der Waals surface area contributed by atoms with Crippen LogP contribution in [-0.4, -0.2) is 36.1 Å². The summed E-state index contributed by atoms with van der Waals surface area (Å²) in [7, 11) is 0. The molecule has 0 aromatic carbocycles. The Hall–Kier alpha value is -1.56. The molecule has 0 amide bonds. The number of hydrogen-bond donors (Lipinski definition) is 3. The van der Waals surface area contributed by atoms with E-state index in [9.17, 15) is 9.59 Å². The predicted molar refractivity (Wildman–Crippen MR) is 52.8 cm³/mol. The van der Waals surface area contributed by atoms with Crippen molar-refractivity contribution in [3.63, 3.8) is 0 Å². The van der Waals surface area contributed by atoms with Crippen LogP contribution in [0.1, 0.15) is 0 Å². The van der Waals surface area contributed by atoms with Gasteiger partial charge in [0.2, 0.25) is 0 Å². The molecule has 6 heteroatoms. The van der Waals surface area contributed by atoms with E-state index >= 15 is 0 Å². The highest BCUT2D eigenvalue weighted by Gasteiger charge is 2.11. The summed E-state index contributed by atoms with van der Waals surface area (Å²) in [4.78, 5) is 28.8. The molecule has 0 aliphatic carbocycles. The van der Waals surface area contributed by atoms with Crippen LogP contribution in [-0.2, 0) is 0 Å². The zero-order valence-electron chi connectivity index (χ0n) is 7.67. The molecule has 0 bridgehead atoms. The molecule has 1 saturated heterocycles. The smallest absolute Gasteiger partial charge is 0.327 e. The topological polar surface area (TPSA) is 81.0 Å². The van der Waals surface area contributed by atoms with Crippen LogP contribution in [0, 0.1) is 0 Å². The quantitative estimate of drug-likeness (QED) is 0.509. The molecule has 1 aromatic heterocycles. The van der Waals surface area contributed by atoms with Crippen LogP contribution in [0.4, 0.5) is 5.82 Å². The zero-order chi connectivity index (χ0) is 9.97. The number of H-pyrrole nitrogens is 2. The normalized spacial score (nSPS) is 17.0. The van der Waals surface area contributed by atoms with Gasteiger partial charge in [0, 0.05) is 32.2 Å². The Kier molecular flexibility index (Phi) is 2.36. The summed E-state index contributed by atoms with van der Waals surface area (Å²) in [6.07, 6.45) is 0. The average molecular weight is 196 g/mol. The summed E-state index contributed by atoms with van der Waals surface area (Å²) in [5, 5.41) is 3.19. The molecule has 2 rings (SSSR count). The van der Waals surface area contributed by atoms with Gasteiger partial charge >= 0.3 is 5.69 Å². The lowest BCUT2D eigenvalue weighted by Gasteiger charge is -2.28. The number of rotatable bonds is 1. The first-order valence-corrected chi connectivity index (χ1v) is 4.55. The van der Waals surface area contributed by atoms with Crippen LogP contribution >= 0.6 is 0 Å². The lowest BCUT2D eigenvalue weighted by Crippen LogP contribution is -2.45. The van der Waals surface area contributed by atoms with Crippen LogP contribution in [0.3, 0.4) is 0 Å². The van der Waals surface area contributed by atoms with Crippen LogP contribution in [0.2, 0.25) is 0 Å². The number of nitrogens with zero attached hydrogens (tertiary/aromatic N) is 1. The van der Waals surface area contributed by atoms with Crippen LogP contribution in [0.15, 0.2) is 15.7 Å². The molecule has 6 nitrogen and oxygen atoms in total. The van der Waals surface area contributed by atoms with E-state index in [2.05, 4.69) is 15.3 Å². The van der Waals surface area contributed by atoms with E-state index in [4.69, 9.17) is 0 Å². The molecule has 1 aliphatic rings. The van der Waals surface area contributed by atoms with Crippen molar-refractivity contribution < 1.29 is 0 Å². The Morgan fingerprint density at radius 1 is 1.14 bits per heavy atom. The number of aromatic nitrogens is 2. The summed E-state index contributed by atoms with van der Waals surface area (Å²) < 4.78 is 0. The summed E-state index contributed by atoms with van der Waals surface area (Å²) in [5.41, 5.74) is -0.812. The van der Waals surface area contributed by atoms with Crippen molar-refractivity contribution in [3.8, 4) is 0 Å². The van der Waals surface area contributed by atoms with Gasteiger partial charge < -0.3 is 10.2 Å². The highest BCUT2D eigenvalue weighted by Crippen LogP contribution is 2.04. The maximum atomic E-state index is 11.0. The first-order chi connectivity index (χ1) is 6.75. The SMILES string of the molecule is O=c1cc(N2CCNCC2)[nH]c(=O)[nH]1. The minimum Gasteiger partial charge on any atom is -0.355 e. The molecule has 2 heterocycles. The van der Waals surface area contributed by atoms with Gasteiger partial charge in [-0.2, -0.15) is 0 Å². The minimum atomic E-state index is -0.453. The molecule has 0 unspecified atom stereocenters. The van der Waals surface area contributed by atoms with Crippen LogP contribution in [0.25, 0.3) is 0 Å². The Balaban J connectivity index is 2.30. The average Bonchev–Trinajstić information content (AvgIpc) is 2.18. The van der Waals surface area contributed by atoms with Gasteiger partial charge in [-0.15, -0.1) is 0 Å². The van der Waals surface area contributed by atoms with Crippen LogP contribution < -0.4 is 21.5 Å². The van der Waals surface area contributed by atoms with Gasteiger partial charge in [0.05, 0.1) is 0 Å². The van der Waals surface area contributed by atoms with E-state index in [-0.39, 0.29) is 5.56 Å². The molecule has 1 aromatic rings. The number of nitrogens with one attached hydrogen (secondary N) is 3. The van der Waals surface area contributed by atoms with E-state index in [0.29, 0.717) is 5.82 Å². The molecule has 1 aliphatic heterocycles. The van der Waals surface area contributed by atoms with E-state index in [1.54, 1.807) is 0 Å². The van der Waals surface area contributed by atoms with Crippen molar-refractivity contribution >= 4 is 5.82 Å². The molecule has 0 saturated carbocycles. The summed E-state index contributed by atoms with van der Waals surface area (Å²) in [6.45, 7) is 3.35. The molecule has 1 fully saturated rings. The Labute approximate surface area is 80.0 Å². The maximum Gasteiger partial charge on any atom is 0.327 e. The van der Waals surface area contributed by atoms with Crippen molar-refractivity contribution in [3.05, 3.63) is 26.9 Å².